The Bertz CT molecular complexity index is 656. The van der Waals surface area contributed by atoms with Crippen LogP contribution in [0.25, 0.3) is 0 Å². The first kappa shape index (κ1) is 18.4. The second kappa shape index (κ2) is 7.79. The van der Waals surface area contributed by atoms with Gasteiger partial charge in [0.2, 0.25) is 11.8 Å². The lowest BCUT2D eigenvalue weighted by Crippen LogP contribution is -2.42. The number of nitrogens with one attached hydrogen (secondary N) is 2. The number of aliphatic carboxylic acids is 1. The lowest BCUT2D eigenvalue weighted by Gasteiger charge is -2.36. The van der Waals surface area contributed by atoms with Gasteiger partial charge in [0.25, 0.3) is 0 Å². The molecule has 0 spiro atoms. The number of carboxylic acids is 1. The van der Waals surface area contributed by atoms with Gasteiger partial charge in [0.15, 0.2) is 0 Å². The van der Waals surface area contributed by atoms with E-state index in [-0.39, 0.29) is 31.2 Å². The number of halogens is 1. The molecule has 0 atom stereocenters. The molecule has 2 amide bonds. The summed E-state index contributed by atoms with van der Waals surface area (Å²) in [4.78, 5) is 35.1. The molecule has 0 saturated heterocycles. The zero-order valence-corrected chi connectivity index (χ0v) is 15.1. The van der Waals surface area contributed by atoms with Crippen LogP contribution in [0.1, 0.15) is 37.7 Å². The normalized spacial score (nSPS) is 15.2. The van der Waals surface area contributed by atoms with Crippen molar-refractivity contribution in [2.45, 2.75) is 39.0 Å². The maximum Gasteiger partial charge on any atom is 0.310 e. The van der Waals surface area contributed by atoms with Crippen LogP contribution >= 0.6 is 15.9 Å². The summed E-state index contributed by atoms with van der Waals surface area (Å²) in [5.41, 5.74) is 0.767. The molecule has 1 aromatic carbocycles. The molecule has 3 N–H and O–H groups in total. The van der Waals surface area contributed by atoms with Gasteiger partial charge in [0.05, 0.1) is 5.41 Å². The highest BCUT2D eigenvalue weighted by molar-refractivity contribution is 9.10. The predicted octanol–water partition coefficient (Wildman–Crippen LogP) is 2.85. The zero-order valence-electron chi connectivity index (χ0n) is 13.5. The maximum absolute atomic E-state index is 11.9. The number of hydrogen-bond acceptors (Lipinski definition) is 3. The molecule has 1 fully saturated rings. The van der Waals surface area contributed by atoms with Crippen molar-refractivity contribution >= 4 is 39.4 Å². The standard InChI is InChI=1S/C17H21BrN2O4/c1-11-3-4-12(18)9-13(11)20-14(21)5-8-19-15(22)10-17(16(23)24)6-2-7-17/h3-4,9H,2,5-8,10H2,1H3,(H,19,22)(H,20,21)(H,23,24). The van der Waals surface area contributed by atoms with E-state index in [1.165, 1.54) is 0 Å². The van der Waals surface area contributed by atoms with Gasteiger partial charge < -0.3 is 15.7 Å². The smallest absolute Gasteiger partial charge is 0.310 e. The van der Waals surface area contributed by atoms with E-state index in [9.17, 15) is 19.5 Å². The minimum absolute atomic E-state index is 0.0192. The first-order valence-corrected chi connectivity index (χ1v) is 8.68. The maximum atomic E-state index is 11.9. The Balaban J connectivity index is 1.75. The Labute approximate surface area is 149 Å². The van der Waals surface area contributed by atoms with Gasteiger partial charge in [-0.1, -0.05) is 28.4 Å². The Morgan fingerprint density at radius 2 is 1.96 bits per heavy atom. The van der Waals surface area contributed by atoms with Crippen molar-refractivity contribution in [1.82, 2.24) is 5.32 Å². The number of hydrogen-bond donors (Lipinski definition) is 3. The summed E-state index contributed by atoms with van der Waals surface area (Å²) in [6.07, 6.45) is 2.04. The van der Waals surface area contributed by atoms with Gasteiger partial charge in [0.1, 0.15) is 0 Å². The predicted molar refractivity (Wildman–Crippen MR) is 93.7 cm³/mol. The van der Waals surface area contributed by atoms with Crippen LogP contribution in [-0.2, 0) is 14.4 Å². The lowest BCUT2D eigenvalue weighted by atomic mass is 9.66. The SMILES string of the molecule is Cc1ccc(Br)cc1NC(=O)CCNC(=O)CC1(C(=O)O)CCC1. The summed E-state index contributed by atoms with van der Waals surface area (Å²) >= 11 is 3.35. The fraction of sp³-hybridized carbons (Fsp3) is 0.471. The molecule has 1 saturated carbocycles. The molecule has 2 rings (SSSR count). The summed E-state index contributed by atoms with van der Waals surface area (Å²) in [5.74, 6) is -1.43. The van der Waals surface area contributed by atoms with E-state index >= 15 is 0 Å². The molecule has 0 heterocycles. The van der Waals surface area contributed by atoms with Crippen LogP contribution in [0.4, 0.5) is 5.69 Å². The molecule has 7 heteroatoms. The van der Waals surface area contributed by atoms with Crippen LogP contribution < -0.4 is 10.6 Å². The number of carboxylic acid groups (broad SMARTS) is 1. The van der Waals surface area contributed by atoms with Crippen LogP contribution in [0.5, 0.6) is 0 Å². The second-order valence-corrected chi connectivity index (χ2v) is 7.14. The van der Waals surface area contributed by atoms with Gasteiger partial charge in [-0.25, -0.2) is 0 Å². The van der Waals surface area contributed by atoms with Crippen molar-refractivity contribution in [2.24, 2.45) is 5.41 Å². The summed E-state index contributed by atoms with van der Waals surface area (Å²) < 4.78 is 0.871. The molecule has 6 nitrogen and oxygen atoms in total. The van der Waals surface area contributed by atoms with E-state index in [0.717, 1.165) is 22.1 Å². The topological polar surface area (TPSA) is 95.5 Å². The number of rotatable bonds is 7. The fourth-order valence-electron chi connectivity index (χ4n) is 2.70. The van der Waals surface area contributed by atoms with E-state index in [4.69, 9.17) is 0 Å². The minimum Gasteiger partial charge on any atom is -0.481 e. The Morgan fingerprint density at radius 1 is 1.25 bits per heavy atom. The van der Waals surface area contributed by atoms with E-state index in [1.807, 2.05) is 25.1 Å². The van der Waals surface area contributed by atoms with Crippen LogP contribution in [0.15, 0.2) is 22.7 Å². The van der Waals surface area contributed by atoms with Crippen molar-refractivity contribution in [1.29, 1.82) is 0 Å². The summed E-state index contributed by atoms with van der Waals surface area (Å²) in [6.45, 7) is 2.08. The molecule has 24 heavy (non-hydrogen) atoms. The number of aryl methyl sites for hydroxylation is 1. The van der Waals surface area contributed by atoms with Crippen LogP contribution in [0, 0.1) is 12.3 Å². The molecular formula is C17H21BrN2O4. The van der Waals surface area contributed by atoms with Crippen LogP contribution in [0.2, 0.25) is 0 Å². The van der Waals surface area contributed by atoms with E-state index < -0.39 is 11.4 Å². The molecule has 0 aliphatic heterocycles. The quantitative estimate of drug-likeness (QED) is 0.659. The van der Waals surface area contributed by atoms with Crippen molar-refractivity contribution in [3.8, 4) is 0 Å². The highest BCUT2D eigenvalue weighted by Crippen LogP contribution is 2.44. The summed E-state index contributed by atoms with van der Waals surface area (Å²) in [5, 5.41) is 14.6. The third kappa shape index (κ3) is 4.56. The molecule has 1 aliphatic rings. The van der Waals surface area contributed by atoms with Crippen molar-refractivity contribution in [2.75, 3.05) is 11.9 Å². The Hall–Kier alpha value is -1.89. The molecule has 1 aromatic rings. The average Bonchev–Trinajstić information content (AvgIpc) is 2.46. The van der Waals surface area contributed by atoms with Crippen molar-refractivity contribution in [3.63, 3.8) is 0 Å². The zero-order chi connectivity index (χ0) is 17.7. The highest BCUT2D eigenvalue weighted by atomic mass is 79.9. The molecule has 0 aromatic heterocycles. The number of anilines is 1. The molecule has 0 radical (unpaired) electrons. The minimum atomic E-state index is -0.910. The molecule has 130 valence electrons. The van der Waals surface area contributed by atoms with Crippen molar-refractivity contribution < 1.29 is 19.5 Å². The molecule has 0 unspecified atom stereocenters. The Kier molecular flexibility index (Phi) is 5.99. The first-order valence-electron chi connectivity index (χ1n) is 7.88. The third-order valence-corrected chi connectivity index (χ3v) is 4.90. The average molecular weight is 397 g/mol. The van der Waals surface area contributed by atoms with Gasteiger partial charge in [-0.15, -0.1) is 0 Å². The highest BCUT2D eigenvalue weighted by Gasteiger charge is 2.45. The largest absolute Gasteiger partial charge is 0.481 e. The van der Waals surface area contributed by atoms with E-state index in [2.05, 4.69) is 26.6 Å². The van der Waals surface area contributed by atoms with Gasteiger partial charge in [-0.05, 0) is 37.5 Å². The monoisotopic (exact) mass is 396 g/mol. The van der Waals surface area contributed by atoms with E-state index in [0.29, 0.717) is 12.8 Å². The number of amides is 2. The fourth-order valence-corrected chi connectivity index (χ4v) is 3.06. The van der Waals surface area contributed by atoms with Gasteiger partial charge >= 0.3 is 5.97 Å². The summed E-state index contributed by atoms with van der Waals surface area (Å²) in [6, 6.07) is 5.61. The molecular weight excluding hydrogens is 376 g/mol. The van der Waals surface area contributed by atoms with Crippen LogP contribution in [0.3, 0.4) is 0 Å². The first-order chi connectivity index (χ1) is 11.3. The van der Waals surface area contributed by atoms with Crippen molar-refractivity contribution in [3.05, 3.63) is 28.2 Å². The summed E-state index contributed by atoms with van der Waals surface area (Å²) in [7, 11) is 0. The van der Waals surface area contributed by atoms with Gasteiger partial charge in [-0.2, -0.15) is 0 Å². The second-order valence-electron chi connectivity index (χ2n) is 6.22. The van der Waals surface area contributed by atoms with Gasteiger partial charge in [-0.3, -0.25) is 14.4 Å². The Morgan fingerprint density at radius 3 is 2.54 bits per heavy atom. The third-order valence-electron chi connectivity index (χ3n) is 4.41. The number of carbonyl (C=O) groups is 3. The molecule has 0 bridgehead atoms. The number of carbonyl (C=O) groups excluding carboxylic acids is 2. The van der Waals surface area contributed by atoms with Crippen LogP contribution in [-0.4, -0.2) is 29.4 Å². The van der Waals surface area contributed by atoms with Gasteiger partial charge in [0, 0.05) is 29.5 Å². The van der Waals surface area contributed by atoms with E-state index in [1.54, 1.807) is 0 Å². The number of benzene rings is 1. The molecule has 1 aliphatic carbocycles. The lowest BCUT2D eigenvalue weighted by molar-refractivity contribution is -0.157.